The second-order valence-electron chi connectivity index (χ2n) is 7.79. The third-order valence-corrected chi connectivity index (χ3v) is 5.60. The van der Waals surface area contributed by atoms with Gasteiger partial charge in [0.15, 0.2) is 0 Å². The number of carbonyl (C=O) groups is 1. The SMILES string of the molecule is CCN1CCN(CC(=O)Nc2cc(-c3ccc(C)cc3)nn2-c2ccccc2)CC1. The van der Waals surface area contributed by atoms with Crippen molar-refractivity contribution in [1.82, 2.24) is 19.6 Å². The van der Waals surface area contributed by atoms with Crippen molar-refractivity contribution in [2.45, 2.75) is 13.8 Å². The Labute approximate surface area is 178 Å². The van der Waals surface area contributed by atoms with Crippen LogP contribution in [0.15, 0.2) is 60.7 Å². The highest BCUT2D eigenvalue weighted by molar-refractivity contribution is 5.92. The molecule has 6 heteroatoms. The number of aryl methyl sites for hydroxylation is 1. The molecular formula is C24H29N5O. The smallest absolute Gasteiger partial charge is 0.239 e. The van der Waals surface area contributed by atoms with Gasteiger partial charge in [-0.1, -0.05) is 55.0 Å². The number of para-hydroxylation sites is 1. The molecule has 0 atom stereocenters. The van der Waals surface area contributed by atoms with E-state index < -0.39 is 0 Å². The lowest BCUT2D eigenvalue weighted by Gasteiger charge is -2.33. The van der Waals surface area contributed by atoms with Gasteiger partial charge in [0.2, 0.25) is 5.91 Å². The Morgan fingerprint density at radius 3 is 2.30 bits per heavy atom. The van der Waals surface area contributed by atoms with E-state index in [0.29, 0.717) is 12.4 Å². The predicted octanol–water partition coefficient (Wildman–Crippen LogP) is 3.42. The van der Waals surface area contributed by atoms with E-state index in [1.165, 1.54) is 5.56 Å². The first-order valence-corrected chi connectivity index (χ1v) is 10.6. The lowest BCUT2D eigenvalue weighted by Crippen LogP contribution is -2.48. The molecule has 3 aromatic rings. The first-order valence-electron chi connectivity index (χ1n) is 10.6. The minimum Gasteiger partial charge on any atom is -0.309 e. The number of rotatable bonds is 6. The minimum absolute atomic E-state index is 0.00696. The Morgan fingerprint density at radius 1 is 0.967 bits per heavy atom. The highest BCUT2D eigenvalue weighted by Gasteiger charge is 2.19. The topological polar surface area (TPSA) is 53.4 Å². The van der Waals surface area contributed by atoms with Gasteiger partial charge in [0, 0.05) is 37.8 Å². The van der Waals surface area contributed by atoms with Crippen LogP contribution in [-0.4, -0.2) is 64.8 Å². The predicted molar refractivity (Wildman–Crippen MR) is 121 cm³/mol. The van der Waals surface area contributed by atoms with Gasteiger partial charge in [-0.3, -0.25) is 9.69 Å². The molecule has 2 heterocycles. The summed E-state index contributed by atoms with van der Waals surface area (Å²) >= 11 is 0. The van der Waals surface area contributed by atoms with Crippen LogP contribution in [0.2, 0.25) is 0 Å². The maximum absolute atomic E-state index is 12.8. The van der Waals surface area contributed by atoms with E-state index in [-0.39, 0.29) is 5.91 Å². The molecule has 2 aromatic carbocycles. The van der Waals surface area contributed by atoms with Gasteiger partial charge in [0.25, 0.3) is 0 Å². The molecule has 1 aliphatic heterocycles. The lowest BCUT2D eigenvalue weighted by atomic mass is 10.1. The minimum atomic E-state index is -0.00696. The molecular weight excluding hydrogens is 374 g/mol. The van der Waals surface area contributed by atoms with Gasteiger partial charge in [-0.15, -0.1) is 0 Å². The molecule has 1 aliphatic rings. The number of amides is 1. The van der Waals surface area contributed by atoms with E-state index in [1.807, 2.05) is 41.1 Å². The largest absolute Gasteiger partial charge is 0.309 e. The van der Waals surface area contributed by atoms with Gasteiger partial charge >= 0.3 is 0 Å². The molecule has 6 nitrogen and oxygen atoms in total. The number of hydrogen-bond donors (Lipinski definition) is 1. The Bertz CT molecular complexity index is 973. The molecule has 156 valence electrons. The van der Waals surface area contributed by atoms with Crippen molar-refractivity contribution in [2.75, 3.05) is 44.6 Å². The fraction of sp³-hybridized carbons (Fsp3) is 0.333. The van der Waals surface area contributed by atoms with Crippen LogP contribution in [0.5, 0.6) is 0 Å². The van der Waals surface area contributed by atoms with E-state index in [1.54, 1.807) is 0 Å². The summed E-state index contributed by atoms with van der Waals surface area (Å²) in [5, 5.41) is 7.87. The van der Waals surface area contributed by atoms with Crippen LogP contribution >= 0.6 is 0 Å². The van der Waals surface area contributed by atoms with Crippen LogP contribution in [-0.2, 0) is 4.79 Å². The van der Waals surface area contributed by atoms with Gasteiger partial charge in [-0.05, 0) is 25.6 Å². The van der Waals surface area contributed by atoms with Crippen LogP contribution in [0.25, 0.3) is 16.9 Å². The third kappa shape index (κ3) is 4.78. The molecule has 1 saturated heterocycles. The number of likely N-dealkylation sites (N-methyl/N-ethyl adjacent to an activating group) is 1. The zero-order valence-corrected chi connectivity index (χ0v) is 17.7. The van der Waals surface area contributed by atoms with E-state index in [0.717, 1.165) is 49.7 Å². The first kappa shape index (κ1) is 20.3. The molecule has 0 unspecified atom stereocenters. The highest BCUT2D eigenvalue weighted by atomic mass is 16.2. The number of nitrogens with one attached hydrogen (secondary N) is 1. The highest BCUT2D eigenvalue weighted by Crippen LogP contribution is 2.25. The van der Waals surface area contributed by atoms with E-state index in [4.69, 9.17) is 5.10 Å². The Balaban J connectivity index is 1.54. The number of nitrogens with zero attached hydrogens (tertiary/aromatic N) is 4. The summed E-state index contributed by atoms with van der Waals surface area (Å²) in [5.41, 5.74) is 3.99. The molecule has 1 aromatic heterocycles. The average molecular weight is 404 g/mol. The number of aromatic nitrogens is 2. The number of hydrogen-bond acceptors (Lipinski definition) is 4. The van der Waals surface area contributed by atoms with Gasteiger partial charge in [0.05, 0.1) is 17.9 Å². The van der Waals surface area contributed by atoms with Gasteiger partial charge < -0.3 is 10.2 Å². The molecule has 0 aliphatic carbocycles. The monoisotopic (exact) mass is 403 g/mol. The maximum atomic E-state index is 12.8. The van der Waals surface area contributed by atoms with Crippen molar-refractivity contribution >= 4 is 11.7 Å². The van der Waals surface area contributed by atoms with Gasteiger partial charge in [-0.2, -0.15) is 5.10 Å². The van der Waals surface area contributed by atoms with Gasteiger partial charge in [0.1, 0.15) is 5.82 Å². The zero-order chi connectivity index (χ0) is 20.9. The molecule has 0 radical (unpaired) electrons. The fourth-order valence-corrected chi connectivity index (χ4v) is 3.75. The summed E-state index contributed by atoms with van der Waals surface area (Å²) in [7, 11) is 0. The second-order valence-corrected chi connectivity index (χ2v) is 7.79. The molecule has 30 heavy (non-hydrogen) atoms. The molecule has 4 rings (SSSR count). The van der Waals surface area contributed by atoms with Crippen LogP contribution in [0.3, 0.4) is 0 Å². The normalized spacial score (nSPS) is 15.3. The zero-order valence-electron chi connectivity index (χ0n) is 17.7. The van der Waals surface area contributed by atoms with Crippen molar-refractivity contribution in [1.29, 1.82) is 0 Å². The summed E-state index contributed by atoms with van der Waals surface area (Å²) < 4.78 is 1.81. The van der Waals surface area contributed by atoms with Crippen LogP contribution < -0.4 is 5.32 Å². The van der Waals surface area contributed by atoms with E-state index in [9.17, 15) is 4.79 Å². The number of anilines is 1. The average Bonchev–Trinajstić information content (AvgIpc) is 3.19. The summed E-state index contributed by atoms with van der Waals surface area (Å²) in [4.78, 5) is 17.4. The van der Waals surface area contributed by atoms with E-state index >= 15 is 0 Å². The van der Waals surface area contributed by atoms with Crippen molar-refractivity contribution < 1.29 is 4.79 Å². The Kier molecular flexibility index (Phi) is 6.26. The Morgan fingerprint density at radius 2 is 1.63 bits per heavy atom. The summed E-state index contributed by atoms with van der Waals surface area (Å²) in [6, 6.07) is 20.1. The standard InChI is InChI=1S/C24H29N5O/c1-3-27-13-15-28(16-14-27)18-24(30)25-23-17-22(20-11-9-19(2)10-12-20)26-29(23)21-7-5-4-6-8-21/h4-12,17H,3,13-16,18H2,1-2H3,(H,25,30). The molecule has 0 bridgehead atoms. The fourth-order valence-electron chi connectivity index (χ4n) is 3.75. The summed E-state index contributed by atoms with van der Waals surface area (Å²) in [6.07, 6.45) is 0. The van der Waals surface area contributed by atoms with Gasteiger partial charge in [-0.25, -0.2) is 4.68 Å². The quantitative estimate of drug-likeness (QED) is 0.685. The molecule has 1 fully saturated rings. The Hall–Kier alpha value is -2.96. The summed E-state index contributed by atoms with van der Waals surface area (Å²) in [6.45, 7) is 9.60. The maximum Gasteiger partial charge on any atom is 0.239 e. The van der Waals surface area contributed by atoms with Crippen molar-refractivity contribution in [2.24, 2.45) is 0 Å². The van der Waals surface area contributed by atoms with Crippen molar-refractivity contribution in [3.63, 3.8) is 0 Å². The number of piperazine rings is 1. The third-order valence-electron chi connectivity index (χ3n) is 5.60. The first-order chi connectivity index (χ1) is 14.6. The molecule has 1 N–H and O–H groups in total. The number of carbonyl (C=O) groups excluding carboxylic acids is 1. The molecule has 0 spiro atoms. The molecule has 1 amide bonds. The van der Waals surface area contributed by atoms with Crippen molar-refractivity contribution in [3.05, 3.63) is 66.2 Å². The van der Waals surface area contributed by atoms with E-state index in [2.05, 4.69) is 53.2 Å². The number of benzene rings is 2. The van der Waals surface area contributed by atoms with Crippen LogP contribution in [0.1, 0.15) is 12.5 Å². The summed E-state index contributed by atoms with van der Waals surface area (Å²) in [5.74, 6) is 0.682. The van der Waals surface area contributed by atoms with Crippen LogP contribution in [0.4, 0.5) is 5.82 Å². The van der Waals surface area contributed by atoms with Crippen molar-refractivity contribution in [3.8, 4) is 16.9 Å². The second kappa shape index (κ2) is 9.24. The lowest BCUT2D eigenvalue weighted by molar-refractivity contribution is -0.117. The van der Waals surface area contributed by atoms with Crippen LogP contribution in [0, 0.1) is 6.92 Å². The molecule has 0 saturated carbocycles.